The molecule has 5 N–H and O–H groups in total. The summed E-state index contributed by atoms with van der Waals surface area (Å²) in [4.78, 5) is 6.32. The van der Waals surface area contributed by atoms with E-state index in [1.165, 1.54) is 16.6 Å². The normalized spacial score (nSPS) is 32.4. The number of nitriles is 1. The summed E-state index contributed by atoms with van der Waals surface area (Å²) in [6, 6.07) is 4.67. The van der Waals surface area contributed by atoms with E-state index >= 15 is 0 Å². The predicted molar refractivity (Wildman–Crippen MR) is 76.8 cm³/mol. The first-order chi connectivity index (χ1) is 11.5. The van der Waals surface area contributed by atoms with Gasteiger partial charge >= 0.3 is 0 Å². The Morgan fingerprint density at radius 2 is 2.25 bits per heavy atom. The molecule has 3 rings (SSSR count). The van der Waals surface area contributed by atoms with Crippen LogP contribution in [0.4, 0.5) is 5.82 Å². The van der Waals surface area contributed by atoms with E-state index in [2.05, 4.69) is 20.1 Å². The lowest BCUT2D eigenvalue weighted by Gasteiger charge is -2.26. The molecule has 12 nitrogen and oxygen atoms in total. The largest absolute Gasteiger partial charge is 0.393 e. The Hall–Kier alpha value is -2.94. The summed E-state index contributed by atoms with van der Waals surface area (Å²) < 4.78 is 6.65. The third kappa shape index (κ3) is 1.84. The van der Waals surface area contributed by atoms with Crippen molar-refractivity contribution in [1.82, 2.24) is 14.6 Å². The number of aliphatic hydroxyl groups excluding tert-OH is 3. The fourth-order valence-corrected chi connectivity index (χ4v) is 2.77. The van der Waals surface area contributed by atoms with E-state index in [-0.39, 0.29) is 11.5 Å². The van der Waals surface area contributed by atoms with Gasteiger partial charge in [-0.2, -0.15) is 10.4 Å². The van der Waals surface area contributed by atoms with Gasteiger partial charge in [-0.3, -0.25) is 0 Å². The molecule has 124 valence electrons. The zero-order chi connectivity index (χ0) is 17.5. The van der Waals surface area contributed by atoms with Gasteiger partial charge in [0.2, 0.25) is 11.3 Å². The van der Waals surface area contributed by atoms with Crippen LogP contribution in [0.1, 0.15) is 5.69 Å². The number of hydrogen-bond donors (Lipinski definition) is 4. The third-order valence-corrected chi connectivity index (χ3v) is 3.98. The summed E-state index contributed by atoms with van der Waals surface area (Å²) >= 11 is 0. The highest BCUT2D eigenvalue weighted by molar-refractivity contribution is 5.66. The maximum absolute atomic E-state index is 10.4. The van der Waals surface area contributed by atoms with Crippen LogP contribution in [-0.2, 0) is 10.3 Å². The van der Waals surface area contributed by atoms with Crippen LogP contribution in [0.2, 0.25) is 0 Å². The molecule has 1 fully saturated rings. The molecule has 0 aliphatic carbocycles. The van der Waals surface area contributed by atoms with Crippen LogP contribution in [0.3, 0.4) is 0 Å². The van der Waals surface area contributed by atoms with Gasteiger partial charge in [-0.1, -0.05) is 5.11 Å². The Balaban J connectivity index is 2.25. The summed E-state index contributed by atoms with van der Waals surface area (Å²) in [6.45, 7) is -0.945. The Labute approximate surface area is 134 Å². The average Bonchev–Trinajstić information content (AvgIpc) is 3.11. The molecule has 1 saturated heterocycles. The van der Waals surface area contributed by atoms with Crippen LogP contribution in [0.25, 0.3) is 16.0 Å². The Bertz CT molecular complexity index is 887. The monoisotopic (exact) mass is 332 g/mol. The van der Waals surface area contributed by atoms with Crippen LogP contribution in [0, 0.1) is 11.3 Å². The number of rotatable bonds is 3. The van der Waals surface area contributed by atoms with Crippen molar-refractivity contribution in [2.45, 2.75) is 23.5 Å². The van der Waals surface area contributed by atoms with Crippen molar-refractivity contribution in [2.75, 3.05) is 12.3 Å². The van der Waals surface area contributed by atoms with Gasteiger partial charge in [0, 0.05) is 4.91 Å². The smallest absolute Gasteiger partial charge is 0.226 e. The van der Waals surface area contributed by atoms with E-state index in [0.717, 1.165) is 6.33 Å². The maximum Gasteiger partial charge on any atom is 0.226 e. The van der Waals surface area contributed by atoms with Gasteiger partial charge in [0.25, 0.3) is 0 Å². The van der Waals surface area contributed by atoms with E-state index in [1.807, 2.05) is 0 Å². The molecule has 0 saturated carbocycles. The van der Waals surface area contributed by atoms with Gasteiger partial charge in [0.15, 0.2) is 5.82 Å². The lowest BCUT2D eigenvalue weighted by molar-refractivity contribution is -0.131. The maximum atomic E-state index is 10.4. The van der Waals surface area contributed by atoms with Crippen LogP contribution >= 0.6 is 0 Å². The first-order valence-electron chi connectivity index (χ1n) is 6.69. The van der Waals surface area contributed by atoms with Crippen molar-refractivity contribution >= 4 is 11.3 Å². The number of anilines is 1. The summed E-state index contributed by atoms with van der Waals surface area (Å²) in [5.74, 6) is 0.126. The first-order valence-corrected chi connectivity index (χ1v) is 6.69. The predicted octanol–water partition coefficient (Wildman–Crippen LogP) is -1.22. The number of ether oxygens (including phenoxy) is 1. The number of hydrogen-bond acceptors (Lipinski definition) is 9. The van der Waals surface area contributed by atoms with Gasteiger partial charge in [0.05, 0.1) is 12.3 Å². The summed E-state index contributed by atoms with van der Waals surface area (Å²) in [7, 11) is 0. The number of aromatic nitrogens is 3. The number of nitrogens with zero attached hydrogens (tertiary/aromatic N) is 7. The molecule has 12 heteroatoms. The summed E-state index contributed by atoms with van der Waals surface area (Å²) in [5.41, 5.74) is 10.4. The topological polar surface area (TPSA) is 199 Å². The van der Waals surface area contributed by atoms with Gasteiger partial charge in [-0.05, 0) is 17.7 Å². The fourth-order valence-electron chi connectivity index (χ4n) is 2.77. The molecule has 2 aromatic heterocycles. The van der Waals surface area contributed by atoms with Crippen LogP contribution in [0.15, 0.2) is 23.6 Å². The highest BCUT2D eigenvalue weighted by atomic mass is 16.6. The molecule has 3 heterocycles. The molecule has 24 heavy (non-hydrogen) atoms. The van der Waals surface area contributed by atoms with E-state index in [4.69, 9.17) is 16.0 Å². The molecule has 0 bridgehead atoms. The summed E-state index contributed by atoms with van der Waals surface area (Å²) in [6.07, 6.45) is -2.53. The molecule has 0 aromatic carbocycles. The molecule has 0 spiro atoms. The lowest BCUT2D eigenvalue weighted by Crippen LogP contribution is -2.44. The number of fused-ring (bicyclic) bond motifs is 1. The van der Waals surface area contributed by atoms with Crippen molar-refractivity contribution in [1.29, 1.82) is 5.26 Å². The molecule has 4 atom stereocenters. The van der Waals surface area contributed by atoms with E-state index < -0.39 is 30.1 Å². The van der Waals surface area contributed by atoms with Crippen molar-refractivity contribution in [3.8, 4) is 6.07 Å². The van der Waals surface area contributed by atoms with E-state index in [0.29, 0.717) is 5.52 Å². The highest BCUT2D eigenvalue weighted by Gasteiger charge is 2.64. The van der Waals surface area contributed by atoms with Crippen molar-refractivity contribution < 1.29 is 20.1 Å². The summed E-state index contributed by atoms with van der Waals surface area (Å²) in [5, 5.41) is 47.0. The minimum Gasteiger partial charge on any atom is -0.393 e. The Kier molecular flexibility index (Phi) is 3.52. The average molecular weight is 332 g/mol. The number of aliphatic hydroxyl groups is 3. The molecule has 2 aromatic rings. The zero-order valence-electron chi connectivity index (χ0n) is 12.1. The highest BCUT2D eigenvalue weighted by Crippen LogP contribution is 2.45. The molecule has 1 aliphatic heterocycles. The second-order valence-corrected chi connectivity index (χ2v) is 5.19. The van der Waals surface area contributed by atoms with Crippen LogP contribution < -0.4 is 5.73 Å². The second-order valence-electron chi connectivity index (χ2n) is 5.19. The zero-order valence-corrected chi connectivity index (χ0v) is 12.1. The van der Waals surface area contributed by atoms with E-state index in [1.54, 1.807) is 6.07 Å². The molecular formula is C12H12N8O4. The molecule has 0 unspecified atom stereocenters. The van der Waals surface area contributed by atoms with E-state index in [9.17, 15) is 20.6 Å². The third-order valence-electron chi connectivity index (χ3n) is 3.98. The SMILES string of the molecule is N#C[C@@]1(c2ccc3c(N)ncnn23)O[C@@](CO)(N=[N+]=[N-])[C@H](O)[C@@H]1O. The number of nitrogens with two attached hydrogens (primary N) is 1. The standard InChI is InChI=1S/C12H12N8O4/c13-3-11(7-2-1-6-10(14)16-5-17-20(6)7)8(22)9(23)12(4-21,24-11)18-19-15/h1-2,5,8-9,21-23H,4H2,(H2,14,16,17)/t8-,9+,11-,12+/m0/s1. The lowest BCUT2D eigenvalue weighted by atomic mass is 9.91. The molecule has 0 amide bonds. The number of nitrogen functional groups attached to an aromatic ring is 1. The van der Waals surface area contributed by atoms with Gasteiger partial charge in [0.1, 0.15) is 30.1 Å². The van der Waals surface area contributed by atoms with Gasteiger partial charge in [-0.15, -0.1) is 0 Å². The molecule has 1 aliphatic rings. The second kappa shape index (κ2) is 5.31. The van der Waals surface area contributed by atoms with Crippen molar-refractivity contribution in [2.24, 2.45) is 5.11 Å². The minimum absolute atomic E-state index is 0.0316. The Morgan fingerprint density at radius 3 is 2.88 bits per heavy atom. The van der Waals surface area contributed by atoms with Crippen molar-refractivity contribution in [3.05, 3.63) is 34.6 Å². The molecule has 0 radical (unpaired) electrons. The van der Waals surface area contributed by atoms with Gasteiger partial charge in [-0.25, -0.2) is 9.50 Å². The van der Waals surface area contributed by atoms with Crippen molar-refractivity contribution in [3.63, 3.8) is 0 Å². The quantitative estimate of drug-likeness (QED) is 0.304. The Morgan fingerprint density at radius 1 is 1.50 bits per heavy atom. The van der Waals surface area contributed by atoms with Gasteiger partial charge < -0.3 is 25.8 Å². The number of azide groups is 1. The van der Waals surface area contributed by atoms with Crippen LogP contribution in [-0.4, -0.2) is 54.5 Å². The molecular weight excluding hydrogens is 320 g/mol. The minimum atomic E-state index is -2.22. The fraction of sp³-hybridized carbons (Fsp3) is 0.417. The first kappa shape index (κ1) is 15.9. The van der Waals surface area contributed by atoms with Crippen LogP contribution in [0.5, 0.6) is 0 Å².